The standard InChI is InChI=1S/C25H27N3O2/c1-2-17-30-28-15-13-25(18-23(28)20-29,22-11-7-4-8-12-22)24-26-14-16-27(24)19-21-9-5-3-6-10-21/h3-12,14,16H,2,13,15,17-19H2,1H3. The maximum Gasteiger partial charge on any atom is 0.148 e. The molecule has 0 spiro atoms. The van der Waals surface area contributed by atoms with Crippen LogP contribution < -0.4 is 0 Å². The normalized spacial score (nSPS) is 19.0. The predicted octanol–water partition coefficient (Wildman–Crippen LogP) is 4.37. The minimum atomic E-state index is -0.404. The third kappa shape index (κ3) is 3.95. The number of hydroxylamine groups is 2. The molecule has 1 fully saturated rings. The van der Waals surface area contributed by atoms with E-state index in [1.165, 1.54) is 5.56 Å². The SMILES string of the molecule is CCCON1CCC(c2ccccc2)(c2nccn2Cc2ccccc2)CC1=C=O. The summed E-state index contributed by atoms with van der Waals surface area (Å²) in [5, 5.41) is 1.72. The molecule has 0 bridgehead atoms. The molecule has 0 aliphatic carbocycles. The van der Waals surface area contributed by atoms with Gasteiger partial charge in [-0.25, -0.2) is 14.8 Å². The Labute approximate surface area is 177 Å². The van der Waals surface area contributed by atoms with E-state index in [1.54, 1.807) is 5.06 Å². The number of carbonyl (C=O) groups excluding carboxylic acids is 1. The quantitative estimate of drug-likeness (QED) is 0.552. The first kappa shape index (κ1) is 20.1. The molecule has 1 saturated heterocycles. The van der Waals surface area contributed by atoms with E-state index < -0.39 is 5.41 Å². The van der Waals surface area contributed by atoms with E-state index in [9.17, 15) is 4.79 Å². The molecule has 0 amide bonds. The smallest absolute Gasteiger partial charge is 0.148 e. The molecule has 5 heteroatoms. The van der Waals surface area contributed by atoms with Gasteiger partial charge in [0, 0.05) is 31.9 Å². The van der Waals surface area contributed by atoms with Crippen LogP contribution in [0, 0.1) is 0 Å². The average molecular weight is 402 g/mol. The van der Waals surface area contributed by atoms with Crippen molar-refractivity contribution in [2.75, 3.05) is 13.2 Å². The van der Waals surface area contributed by atoms with Gasteiger partial charge in [-0.05, 0) is 24.0 Å². The maximum absolute atomic E-state index is 11.9. The Balaban J connectivity index is 1.75. The Hall–Kier alpha value is -3.14. The number of aromatic nitrogens is 2. The van der Waals surface area contributed by atoms with Crippen molar-refractivity contribution in [3.05, 3.63) is 95.7 Å². The number of benzene rings is 2. The number of rotatable bonds is 7. The molecule has 0 saturated carbocycles. The summed E-state index contributed by atoms with van der Waals surface area (Å²) in [6, 6.07) is 20.7. The zero-order valence-electron chi connectivity index (χ0n) is 17.3. The fourth-order valence-corrected chi connectivity index (χ4v) is 4.28. The summed E-state index contributed by atoms with van der Waals surface area (Å²) in [6.07, 6.45) is 6.09. The Bertz CT molecular complexity index is 1010. The van der Waals surface area contributed by atoms with E-state index in [4.69, 9.17) is 9.82 Å². The van der Waals surface area contributed by atoms with Gasteiger partial charge in [-0.2, -0.15) is 0 Å². The van der Waals surface area contributed by atoms with Crippen LogP contribution in [0.15, 0.2) is 78.8 Å². The van der Waals surface area contributed by atoms with E-state index in [2.05, 4.69) is 53.8 Å². The molecule has 2 aromatic carbocycles. The average Bonchev–Trinajstić information content (AvgIpc) is 3.27. The topological polar surface area (TPSA) is 47.4 Å². The van der Waals surface area contributed by atoms with E-state index in [0.29, 0.717) is 25.3 Å². The van der Waals surface area contributed by atoms with Crippen LogP contribution in [0.4, 0.5) is 0 Å². The first-order chi connectivity index (χ1) is 14.8. The van der Waals surface area contributed by atoms with Gasteiger partial charge in [-0.15, -0.1) is 0 Å². The predicted molar refractivity (Wildman–Crippen MR) is 116 cm³/mol. The highest BCUT2D eigenvalue weighted by Crippen LogP contribution is 2.44. The molecule has 154 valence electrons. The lowest BCUT2D eigenvalue weighted by Crippen LogP contribution is -2.44. The minimum absolute atomic E-state index is 0.404. The fraction of sp³-hybridized carbons (Fsp3) is 0.320. The summed E-state index contributed by atoms with van der Waals surface area (Å²) in [4.78, 5) is 22.5. The lowest BCUT2D eigenvalue weighted by atomic mass is 9.71. The highest BCUT2D eigenvalue weighted by molar-refractivity contribution is 5.54. The Morgan fingerprint density at radius 1 is 1.10 bits per heavy atom. The summed E-state index contributed by atoms with van der Waals surface area (Å²) in [7, 11) is 0. The number of hydrogen-bond acceptors (Lipinski definition) is 4. The third-order valence-electron chi connectivity index (χ3n) is 5.75. The fourth-order valence-electron chi connectivity index (χ4n) is 4.28. The van der Waals surface area contributed by atoms with Gasteiger partial charge in [-0.3, -0.25) is 4.84 Å². The van der Waals surface area contributed by atoms with Gasteiger partial charge in [0.25, 0.3) is 0 Å². The lowest BCUT2D eigenvalue weighted by molar-refractivity contribution is -0.145. The zero-order chi connectivity index (χ0) is 20.8. The van der Waals surface area contributed by atoms with Crippen molar-refractivity contribution < 1.29 is 9.63 Å². The highest BCUT2D eigenvalue weighted by atomic mass is 16.7. The van der Waals surface area contributed by atoms with Crippen LogP contribution in [-0.4, -0.2) is 33.7 Å². The van der Waals surface area contributed by atoms with Crippen molar-refractivity contribution in [2.24, 2.45) is 0 Å². The van der Waals surface area contributed by atoms with Crippen molar-refractivity contribution in [1.29, 1.82) is 0 Å². The van der Waals surface area contributed by atoms with Crippen LogP contribution in [0.1, 0.15) is 43.1 Å². The number of imidazole rings is 1. The molecule has 1 unspecified atom stereocenters. The molecule has 4 rings (SSSR count). The van der Waals surface area contributed by atoms with Gasteiger partial charge in [0.2, 0.25) is 0 Å². The van der Waals surface area contributed by atoms with Gasteiger partial charge in [0.05, 0.1) is 12.0 Å². The number of allylic oxidation sites excluding steroid dienone is 1. The second-order valence-electron chi connectivity index (χ2n) is 7.72. The van der Waals surface area contributed by atoms with Crippen molar-refractivity contribution >= 4 is 5.94 Å². The molecule has 1 aromatic heterocycles. The van der Waals surface area contributed by atoms with Gasteiger partial charge in [-0.1, -0.05) is 67.6 Å². The Morgan fingerprint density at radius 3 is 2.53 bits per heavy atom. The molecular formula is C25H27N3O2. The van der Waals surface area contributed by atoms with Crippen molar-refractivity contribution in [1.82, 2.24) is 14.6 Å². The van der Waals surface area contributed by atoms with Gasteiger partial charge >= 0.3 is 0 Å². The van der Waals surface area contributed by atoms with Crippen LogP contribution in [0.2, 0.25) is 0 Å². The molecule has 3 aromatic rings. The number of hydrogen-bond donors (Lipinski definition) is 0. The number of piperidine rings is 1. The molecule has 1 atom stereocenters. The molecular weight excluding hydrogens is 374 g/mol. The summed E-state index contributed by atoms with van der Waals surface area (Å²) in [5.74, 6) is 3.12. The second kappa shape index (κ2) is 9.12. The number of nitrogens with zero attached hydrogens (tertiary/aromatic N) is 3. The molecule has 0 radical (unpaired) electrons. The Morgan fingerprint density at radius 2 is 1.83 bits per heavy atom. The summed E-state index contributed by atoms with van der Waals surface area (Å²) >= 11 is 0. The van der Waals surface area contributed by atoms with Crippen molar-refractivity contribution in [3.8, 4) is 0 Å². The largest absolute Gasteiger partial charge is 0.330 e. The summed E-state index contributed by atoms with van der Waals surface area (Å²) in [5.41, 5.74) is 2.52. The van der Waals surface area contributed by atoms with E-state index in [1.807, 2.05) is 36.7 Å². The second-order valence-corrected chi connectivity index (χ2v) is 7.72. The van der Waals surface area contributed by atoms with E-state index >= 15 is 0 Å². The Kier molecular flexibility index (Phi) is 6.12. The summed E-state index contributed by atoms with van der Waals surface area (Å²) < 4.78 is 2.20. The van der Waals surface area contributed by atoms with Crippen molar-refractivity contribution in [3.63, 3.8) is 0 Å². The first-order valence-electron chi connectivity index (χ1n) is 10.5. The third-order valence-corrected chi connectivity index (χ3v) is 5.75. The molecule has 2 heterocycles. The monoisotopic (exact) mass is 401 g/mol. The van der Waals surface area contributed by atoms with Gasteiger partial charge < -0.3 is 4.57 Å². The maximum atomic E-state index is 11.9. The van der Waals surface area contributed by atoms with Crippen LogP contribution in [0.5, 0.6) is 0 Å². The molecule has 30 heavy (non-hydrogen) atoms. The van der Waals surface area contributed by atoms with Crippen LogP contribution in [0.3, 0.4) is 0 Å². The van der Waals surface area contributed by atoms with E-state index in [-0.39, 0.29) is 0 Å². The summed E-state index contributed by atoms with van der Waals surface area (Å²) in [6.45, 7) is 4.01. The minimum Gasteiger partial charge on any atom is -0.330 e. The molecule has 1 aliphatic rings. The van der Waals surface area contributed by atoms with Gasteiger partial charge in [0.1, 0.15) is 17.5 Å². The highest BCUT2D eigenvalue weighted by Gasteiger charge is 2.44. The van der Waals surface area contributed by atoms with Crippen LogP contribution in [-0.2, 0) is 21.6 Å². The molecule has 0 N–H and O–H groups in total. The van der Waals surface area contributed by atoms with Crippen LogP contribution >= 0.6 is 0 Å². The zero-order valence-corrected chi connectivity index (χ0v) is 17.3. The van der Waals surface area contributed by atoms with Crippen LogP contribution in [0.25, 0.3) is 0 Å². The van der Waals surface area contributed by atoms with Crippen molar-refractivity contribution in [2.45, 2.75) is 38.1 Å². The molecule has 1 aliphatic heterocycles. The first-order valence-corrected chi connectivity index (χ1v) is 10.5. The lowest BCUT2D eigenvalue weighted by Gasteiger charge is -2.42. The van der Waals surface area contributed by atoms with Gasteiger partial charge in [0.15, 0.2) is 0 Å². The molecule has 5 nitrogen and oxygen atoms in total. The van der Waals surface area contributed by atoms with E-state index in [0.717, 1.165) is 30.8 Å².